The molecule has 3 heteroatoms. The molecule has 88 valence electrons. The third kappa shape index (κ3) is 2.37. The van der Waals surface area contributed by atoms with Crippen LogP contribution in [0.3, 0.4) is 0 Å². The zero-order chi connectivity index (χ0) is 11.5. The van der Waals surface area contributed by atoms with Crippen LogP contribution in [0.1, 0.15) is 47.5 Å². The average molecular weight is 236 g/mol. The van der Waals surface area contributed by atoms with Crippen molar-refractivity contribution in [1.82, 2.24) is 5.43 Å². The summed E-state index contributed by atoms with van der Waals surface area (Å²) in [6.45, 7) is 6.20. The Balaban J connectivity index is 2.11. The van der Waals surface area contributed by atoms with E-state index in [2.05, 4.69) is 25.0 Å². The molecule has 0 bridgehead atoms. The van der Waals surface area contributed by atoms with Gasteiger partial charge in [0.1, 0.15) is 0 Å². The van der Waals surface area contributed by atoms with Crippen LogP contribution in [0.25, 0.3) is 0 Å². The summed E-state index contributed by atoms with van der Waals surface area (Å²) < 4.78 is 0. The smallest absolute Gasteiger partial charge is 0.0590 e. The summed E-state index contributed by atoms with van der Waals surface area (Å²) >= 11 is 1.92. The van der Waals surface area contributed by atoms with E-state index in [-0.39, 0.29) is 6.04 Å². The minimum absolute atomic E-state index is 0.253. The molecule has 0 saturated carbocycles. The molecule has 0 aromatic carbocycles. The molecule has 2 rings (SSSR count). The molecule has 1 heterocycles. The molecule has 1 atom stereocenters. The van der Waals surface area contributed by atoms with Crippen LogP contribution in [-0.2, 0) is 12.8 Å². The number of thiophene rings is 1. The number of rotatable bonds is 5. The maximum Gasteiger partial charge on any atom is 0.0590 e. The lowest BCUT2D eigenvalue weighted by molar-refractivity contribution is 0.553. The minimum Gasteiger partial charge on any atom is -0.271 e. The van der Waals surface area contributed by atoms with Gasteiger partial charge in [-0.1, -0.05) is 19.1 Å². The van der Waals surface area contributed by atoms with E-state index in [0.717, 1.165) is 12.8 Å². The maximum atomic E-state index is 5.64. The monoisotopic (exact) mass is 236 g/mol. The van der Waals surface area contributed by atoms with Crippen molar-refractivity contribution in [3.63, 3.8) is 0 Å². The first-order valence-corrected chi connectivity index (χ1v) is 6.80. The summed E-state index contributed by atoms with van der Waals surface area (Å²) in [5, 5.41) is 0. The van der Waals surface area contributed by atoms with Gasteiger partial charge in [-0.25, -0.2) is 0 Å². The van der Waals surface area contributed by atoms with Gasteiger partial charge < -0.3 is 0 Å². The second kappa shape index (κ2) is 5.13. The van der Waals surface area contributed by atoms with E-state index in [9.17, 15) is 0 Å². The summed E-state index contributed by atoms with van der Waals surface area (Å²) in [7, 11) is 0. The Bertz CT molecular complexity index is 360. The fourth-order valence-electron chi connectivity index (χ4n) is 2.20. The number of hydrazine groups is 1. The lowest BCUT2D eigenvalue weighted by Crippen LogP contribution is -2.27. The van der Waals surface area contributed by atoms with E-state index in [1.165, 1.54) is 29.7 Å². The summed E-state index contributed by atoms with van der Waals surface area (Å²) in [5.74, 6) is 5.64. The second-order valence-corrected chi connectivity index (χ2v) is 5.65. The van der Waals surface area contributed by atoms with E-state index in [4.69, 9.17) is 5.84 Å². The van der Waals surface area contributed by atoms with Crippen LogP contribution in [0, 0.1) is 0 Å². The molecule has 1 aliphatic carbocycles. The minimum atomic E-state index is 0.253. The molecule has 0 saturated heterocycles. The van der Waals surface area contributed by atoms with Gasteiger partial charge >= 0.3 is 0 Å². The predicted molar refractivity (Wildman–Crippen MR) is 70.5 cm³/mol. The molecule has 16 heavy (non-hydrogen) atoms. The van der Waals surface area contributed by atoms with Gasteiger partial charge in [-0.05, 0) is 43.7 Å². The number of nitrogens with two attached hydrogens (primary N) is 1. The van der Waals surface area contributed by atoms with Crippen LogP contribution in [-0.4, -0.2) is 0 Å². The van der Waals surface area contributed by atoms with E-state index in [1.54, 1.807) is 10.4 Å². The molecule has 0 amide bonds. The second-order valence-electron chi connectivity index (χ2n) is 4.48. The Morgan fingerprint density at radius 1 is 1.62 bits per heavy atom. The van der Waals surface area contributed by atoms with Gasteiger partial charge in [0.05, 0.1) is 6.04 Å². The van der Waals surface area contributed by atoms with Crippen molar-refractivity contribution in [2.75, 3.05) is 0 Å². The van der Waals surface area contributed by atoms with Crippen molar-refractivity contribution in [2.24, 2.45) is 5.84 Å². The molecule has 0 aliphatic heterocycles. The van der Waals surface area contributed by atoms with Crippen LogP contribution in [0.15, 0.2) is 18.2 Å². The normalized spacial score (nSPS) is 16.1. The largest absolute Gasteiger partial charge is 0.271 e. The van der Waals surface area contributed by atoms with E-state index >= 15 is 0 Å². The van der Waals surface area contributed by atoms with E-state index in [0.29, 0.717) is 0 Å². The highest BCUT2D eigenvalue weighted by molar-refractivity contribution is 7.12. The van der Waals surface area contributed by atoms with E-state index < -0.39 is 0 Å². The zero-order valence-electron chi connectivity index (χ0n) is 9.88. The Kier molecular flexibility index (Phi) is 3.79. The topological polar surface area (TPSA) is 38.0 Å². The molecule has 1 aromatic rings. The Hall–Kier alpha value is -0.640. The number of hydrogen-bond donors (Lipinski definition) is 2. The van der Waals surface area contributed by atoms with Crippen molar-refractivity contribution >= 4 is 11.3 Å². The third-order valence-corrected chi connectivity index (χ3v) is 4.65. The Labute approximate surface area is 102 Å². The fourth-order valence-corrected chi connectivity index (χ4v) is 3.52. The molecule has 1 aromatic heterocycles. The van der Waals surface area contributed by atoms with Crippen molar-refractivity contribution < 1.29 is 0 Å². The van der Waals surface area contributed by atoms with Gasteiger partial charge in [0.2, 0.25) is 0 Å². The highest BCUT2D eigenvalue weighted by atomic mass is 32.1. The predicted octanol–water partition coefficient (Wildman–Crippen LogP) is 3.10. The number of nitrogens with one attached hydrogen (secondary N) is 1. The number of fused-ring (bicyclic) bond motifs is 1. The first kappa shape index (κ1) is 11.8. The van der Waals surface area contributed by atoms with Gasteiger partial charge in [0.15, 0.2) is 0 Å². The maximum absolute atomic E-state index is 5.64. The molecule has 1 aliphatic rings. The van der Waals surface area contributed by atoms with Gasteiger partial charge in [-0.3, -0.25) is 11.3 Å². The number of aryl methyl sites for hydroxylation is 2. The number of hydrogen-bond acceptors (Lipinski definition) is 3. The molecule has 0 spiro atoms. The van der Waals surface area contributed by atoms with Crippen LogP contribution in [0.2, 0.25) is 0 Å². The molecule has 0 fully saturated rings. The molecule has 2 nitrogen and oxygen atoms in total. The Morgan fingerprint density at radius 2 is 2.44 bits per heavy atom. The summed E-state index contributed by atoms with van der Waals surface area (Å²) in [6, 6.07) is 2.59. The molecule has 1 unspecified atom stereocenters. The summed E-state index contributed by atoms with van der Waals surface area (Å²) in [6.07, 6.45) is 5.81. The highest BCUT2D eigenvalue weighted by Crippen LogP contribution is 2.35. The Morgan fingerprint density at radius 3 is 3.06 bits per heavy atom. The molecule has 0 radical (unpaired) electrons. The molecule has 3 N–H and O–H groups in total. The first-order chi connectivity index (χ1) is 7.74. The van der Waals surface area contributed by atoms with Crippen molar-refractivity contribution in [2.45, 2.75) is 45.1 Å². The van der Waals surface area contributed by atoms with Crippen LogP contribution in [0.4, 0.5) is 0 Å². The van der Waals surface area contributed by atoms with Crippen LogP contribution < -0.4 is 11.3 Å². The lowest BCUT2D eigenvalue weighted by Gasteiger charge is -2.15. The van der Waals surface area contributed by atoms with Gasteiger partial charge in [0.25, 0.3) is 0 Å². The molecular weight excluding hydrogens is 216 g/mol. The van der Waals surface area contributed by atoms with Crippen molar-refractivity contribution in [3.05, 3.63) is 33.5 Å². The standard InChI is InChI=1S/C13H20N2S/c1-3-9(2)7-11(15-14)13-8-10-5-4-6-12(10)16-13/h8,11,15H,2-7,14H2,1H3. The van der Waals surface area contributed by atoms with Gasteiger partial charge in [-0.2, -0.15) is 0 Å². The molecular formula is C13H20N2S. The van der Waals surface area contributed by atoms with Crippen molar-refractivity contribution in [3.8, 4) is 0 Å². The SMILES string of the molecule is C=C(CC)CC(NN)c1cc2c(s1)CCC2. The summed E-state index contributed by atoms with van der Waals surface area (Å²) in [5.41, 5.74) is 5.73. The third-order valence-electron chi connectivity index (χ3n) is 3.30. The van der Waals surface area contributed by atoms with Gasteiger partial charge in [-0.15, -0.1) is 11.3 Å². The van der Waals surface area contributed by atoms with Crippen LogP contribution >= 0.6 is 11.3 Å². The quantitative estimate of drug-likeness (QED) is 0.468. The fraction of sp³-hybridized carbons (Fsp3) is 0.538. The van der Waals surface area contributed by atoms with Crippen LogP contribution in [0.5, 0.6) is 0 Å². The average Bonchev–Trinajstić information content (AvgIpc) is 2.85. The van der Waals surface area contributed by atoms with Gasteiger partial charge in [0, 0.05) is 9.75 Å². The zero-order valence-corrected chi connectivity index (χ0v) is 10.7. The highest BCUT2D eigenvalue weighted by Gasteiger charge is 2.19. The van der Waals surface area contributed by atoms with E-state index in [1.807, 2.05) is 11.3 Å². The van der Waals surface area contributed by atoms with Crippen molar-refractivity contribution in [1.29, 1.82) is 0 Å². The lowest BCUT2D eigenvalue weighted by atomic mass is 10.0. The first-order valence-electron chi connectivity index (χ1n) is 5.98. The summed E-state index contributed by atoms with van der Waals surface area (Å²) in [4.78, 5) is 2.94.